The van der Waals surface area contributed by atoms with E-state index in [-0.39, 0.29) is 5.57 Å². The Morgan fingerprint density at radius 1 is 1.16 bits per heavy atom. The average Bonchev–Trinajstić information content (AvgIpc) is 2.72. The van der Waals surface area contributed by atoms with Crippen LogP contribution in [0.3, 0.4) is 0 Å². The highest BCUT2D eigenvalue weighted by Crippen LogP contribution is 2.33. The molecule has 0 fully saturated rings. The third-order valence-electron chi connectivity index (χ3n) is 4.08. The van der Waals surface area contributed by atoms with Crippen molar-refractivity contribution in [3.63, 3.8) is 0 Å². The summed E-state index contributed by atoms with van der Waals surface area (Å²) in [5, 5.41) is 12.6. The number of ether oxygens (including phenoxy) is 1. The minimum absolute atomic E-state index is 0.0220. The Morgan fingerprint density at radius 2 is 1.90 bits per heavy atom. The third-order valence-corrected chi connectivity index (χ3v) is 6.23. The Hall–Kier alpha value is -1.86. The molecule has 0 saturated heterocycles. The van der Waals surface area contributed by atoms with Crippen molar-refractivity contribution >= 4 is 83.7 Å². The minimum Gasteiger partial charge on any atom is -0.487 e. The van der Waals surface area contributed by atoms with Gasteiger partial charge in [-0.1, -0.05) is 45.7 Å². The predicted octanol–water partition coefficient (Wildman–Crippen LogP) is 7.59. The Bertz CT molecular complexity index is 1170. The van der Waals surface area contributed by atoms with Crippen LogP contribution in [0.1, 0.15) is 11.1 Å². The van der Waals surface area contributed by atoms with Crippen LogP contribution in [0.5, 0.6) is 5.75 Å². The maximum atomic E-state index is 12.5. The molecule has 4 nitrogen and oxygen atoms in total. The van der Waals surface area contributed by atoms with Gasteiger partial charge >= 0.3 is 0 Å². The molecule has 3 aromatic rings. The average molecular weight is 673 g/mol. The van der Waals surface area contributed by atoms with E-state index >= 15 is 0 Å². The van der Waals surface area contributed by atoms with Crippen molar-refractivity contribution in [3.8, 4) is 11.8 Å². The number of benzene rings is 3. The van der Waals surface area contributed by atoms with Crippen LogP contribution in [-0.4, -0.2) is 5.91 Å². The van der Waals surface area contributed by atoms with Gasteiger partial charge in [0.15, 0.2) is 0 Å². The van der Waals surface area contributed by atoms with Crippen LogP contribution in [0, 0.1) is 14.9 Å². The third kappa shape index (κ3) is 6.81. The number of carbonyl (C=O) groups excluding carboxylic acids is 1. The molecule has 1 amide bonds. The number of hydrogen-bond donors (Lipinski definition) is 1. The molecule has 156 valence electrons. The molecule has 0 aromatic heterocycles. The molecule has 3 rings (SSSR count). The van der Waals surface area contributed by atoms with Crippen molar-refractivity contribution in [1.29, 1.82) is 5.26 Å². The van der Waals surface area contributed by atoms with E-state index in [9.17, 15) is 10.1 Å². The molecule has 0 aliphatic heterocycles. The highest BCUT2D eigenvalue weighted by atomic mass is 127. The lowest BCUT2D eigenvalue weighted by Crippen LogP contribution is -2.13. The fraction of sp³-hybridized carbons (Fsp3) is 0.0435. The lowest BCUT2D eigenvalue weighted by atomic mass is 10.1. The SMILES string of the molecule is N#C/C(=C\c1cc(Br)c(OCc2ccc(Br)cc2)c(I)c1)C(=O)Nc1cccc(Cl)c1. The van der Waals surface area contributed by atoms with Gasteiger partial charge < -0.3 is 10.1 Å². The number of nitrogens with one attached hydrogen (secondary N) is 1. The van der Waals surface area contributed by atoms with Crippen molar-refractivity contribution in [1.82, 2.24) is 0 Å². The van der Waals surface area contributed by atoms with Crippen LogP contribution in [0.25, 0.3) is 6.08 Å². The summed E-state index contributed by atoms with van der Waals surface area (Å²) in [5.41, 5.74) is 2.24. The fourth-order valence-electron chi connectivity index (χ4n) is 2.62. The van der Waals surface area contributed by atoms with E-state index in [1.807, 2.05) is 42.5 Å². The number of carbonyl (C=O) groups is 1. The molecule has 0 heterocycles. The van der Waals surface area contributed by atoms with Crippen molar-refractivity contribution in [2.45, 2.75) is 6.61 Å². The van der Waals surface area contributed by atoms with Crippen molar-refractivity contribution in [3.05, 3.63) is 94.9 Å². The quantitative estimate of drug-likeness (QED) is 0.167. The van der Waals surface area contributed by atoms with Crippen LogP contribution >= 0.6 is 66.1 Å². The number of nitriles is 1. The first-order chi connectivity index (χ1) is 14.9. The van der Waals surface area contributed by atoms with E-state index in [2.05, 4.69) is 59.8 Å². The maximum Gasteiger partial charge on any atom is 0.266 e. The van der Waals surface area contributed by atoms with E-state index < -0.39 is 5.91 Å². The second kappa shape index (κ2) is 11.1. The first kappa shape index (κ1) is 23.8. The van der Waals surface area contributed by atoms with Crippen LogP contribution < -0.4 is 10.1 Å². The van der Waals surface area contributed by atoms with Gasteiger partial charge in [-0.15, -0.1) is 0 Å². The fourth-order valence-corrected chi connectivity index (χ4v) is 4.84. The Morgan fingerprint density at radius 3 is 2.55 bits per heavy atom. The summed E-state index contributed by atoms with van der Waals surface area (Å²) in [4.78, 5) is 12.5. The Kier molecular flexibility index (Phi) is 8.55. The summed E-state index contributed by atoms with van der Waals surface area (Å²) in [6, 6.07) is 20.3. The van der Waals surface area contributed by atoms with Crippen LogP contribution in [0.15, 0.2) is 75.2 Å². The zero-order valence-electron chi connectivity index (χ0n) is 15.8. The second-order valence-electron chi connectivity index (χ2n) is 6.36. The van der Waals surface area contributed by atoms with Gasteiger partial charge in [0, 0.05) is 15.2 Å². The van der Waals surface area contributed by atoms with Gasteiger partial charge in [-0.25, -0.2) is 0 Å². The van der Waals surface area contributed by atoms with Crippen molar-refractivity contribution < 1.29 is 9.53 Å². The molecular formula is C23H14Br2ClIN2O2. The van der Waals surface area contributed by atoms with Gasteiger partial charge in [0.05, 0.1) is 8.04 Å². The van der Waals surface area contributed by atoms with Crippen molar-refractivity contribution in [2.24, 2.45) is 0 Å². The number of halogens is 4. The molecule has 0 saturated carbocycles. The lowest BCUT2D eigenvalue weighted by molar-refractivity contribution is -0.112. The first-order valence-corrected chi connectivity index (χ1v) is 11.9. The molecule has 0 radical (unpaired) electrons. The number of anilines is 1. The van der Waals surface area contributed by atoms with Crippen LogP contribution in [0.4, 0.5) is 5.69 Å². The number of nitrogens with zero attached hydrogens (tertiary/aromatic N) is 1. The summed E-state index contributed by atoms with van der Waals surface area (Å²) in [5.74, 6) is 0.189. The van der Waals surface area contributed by atoms with Crippen molar-refractivity contribution in [2.75, 3.05) is 5.32 Å². The molecule has 1 N–H and O–H groups in total. The number of hydrogen-bond acceptors (Lipinski definition) is 3. The van der Waals surface area contributed by atoms with Gasteiger partial charge in [0.25, 0.3) is 5.91 Å². The standard InChI is InChI=1S/C23H14Br2ClIN2O2/c24-17-6-4-14(5-7-17)13-31-22-20(25)9-15(10-21(22)27)8-16(12-28)23(30)29-19-3-1-2-18(26)11-19/h1-11H,13H2,(H,29,30)/b16-8+. The number of amides is 1. The van der Waals surface area contributed by atoms with Gasteiger partial charge in [-0.3, -0.25) is 4.79 Å². The monoisotopic (exact) mass is 670 g/mol. The zero-order chi connectivity index (χ0) is 22.4. The smallest absolute Gasteiger partial charge is 0.266 e. The van der Waals surface area contributed by atoms with Gasteiger partial charge in [0.1, 0.15) is 24.0 Å². The first-order valence-electron chi connectivity index (χ1n) is 8.90. The van der Waals surface area contributed by atoms with E-state index in [0.717, 1.165) is 18.1 Å². The molecule has 3 aromatic carbocycles. The molecule has 31 heavy (non-hydrogen) atoms. The second-order valence-corrected chi connectivity index (χ2v) is 9.73. The summed E-state index contributed by atoms with van der Waals surface area (Å²) < 4.78 is 8.56. The van der Waals surface area contributed by atoms with Crippen LogP contribution in [-0.2, 0) is 11.4 Å². The molecule has 0 spiro atoms. The molecule has 0 aliphatic rings. The molecule has 0 atom stereocenters. The van der Waals surface area contributed by atoms with Gasteiger partial charge in [0.2, 0.25) is 0 Å². The highest BCUT2D eigenvalue weighted by molar-refractivity contribution is 14.1. The highest BCUT2D eigenvalue weighted by Gasteiger charge is 2.13. The zero-order valence-corrected chi connectivity index (χ0v) is 21.9. The van der Waals surface area contributed by atoms with Gasteiger partial charge in [-0.05, 0) is 98.2 Å². The van der Waals surface area contributed by atoms with E-state index in [4.69, 9.17) is 16.3 Å². The topological polar surface area (TPSA) is 62.1 Å². The molecule has 8 heteroatoms. The van der Waals surface area contributed by atoms with Gasteiger partial charge in [-0.2, -0.15) is 5.26 Å². The lowest BCUT2D eigenvalue weighted by Gasteiger charge is -2.12. The predicted molar refractivity (Wildman–Crippen MR) is 139 cm³/mol. The largest absolute Gasteiger partial charge is 0.487 e. The summed E-state index contributed by atoms with van der Waals surface area (Å²) in [6.45, 7) is 0.419. The van der Waals surface area contributed by atoms with E-state index in [1.165, 1.54) is 6.08 Å². The molecule has 0 aliphatic carbocycles. The van der Waals surface area contributed by atoms with E-state index in [0.29, 0.717) is 28.6 Å². The molecule has 0 unspecified atom stereocenters. The van der Waals surface area contributed by atoms with Crippen LogP contribution in [0.2, 0.25) is 5.02 Å². The Labute approximate surface area is 215 Å². The number of rotatable bonds is 6. The summed E-state index contributed by atoms with van der Waals surface area (Å²) >= 11 is 15.1. The molecular weight excluding hydrogens is 658 g/mol. The maximum absolute atomic E-state index is 12.5. The Balaban J connectivity index is 1.76. The van der Waals surface area contributed by atoms with E-state index in [1.54, 1.807) is 24.3 Å². The molecule has 0 bridgehead atoms. The summed E-state index contributed by atoms with van der Waals surface area (Å²) in [7, 11) is 0. The minimum atomic E-state index is -0.508. The normalized spacial score (nSPS) is 11.0. The summed E-state index contributed by atoms with van der Waals surface area (Å²) in [6.07, 6.45) is 1.53.